The third-order valence-electron chi connectivity index (χ3n) is 3.57. The fourth-order valence-corrected chi connectivity index (χ4v) is 2.24. The Morgan fingerprint density at radius 1 is 1.14 bits per heavy atom. The van der Waals surface area contributed by atoms with Crippen molar-refractivity contribution in [3.8, 4) is 5.75 Å². The number of hydrogen-bond donors (Lipinski definition) is 2. The lowest BCUT2D eigenvalue weighted by Gasteiger charge is -2.11. The van der Waals surface area contributed by atoms with Gasteiger partial charge in [-0.3, -0.25) is 4.79 Å². The zero-order valence-electron chi connectivity index (χ0n) is 14.5. The highest BCUT2D eigenvalue weighted by molar-refractivity contribution is 5.94. The van der Waals surface area contributed by atoms with Crippen LogP contribution in [0.3, 0.4) is 0 Å². The Labute approximate surface area is 157 Å². The normalized spacial score (nSPS) is 12.0. The maximum atomic E-state index is 13.4. The third-order valence-corrected chi connectivity index (χ3v) is 3.57. The number of carbonyl (C=O) groups is 1. The van der Waals surface area contributed by atoms with E-state index >= 15 is 0 Å². The molecule has 0 aliphatic carbocycles. The molecular weight excluding hydrogens is 383 g/mol. The van der Waals surface area contributed by atoms with E-state index < -0.39 is 29.3 Å². The molecule has 3 N–H and O–H groups in total. The molecule has 0 unspecified atom stereocenters. The quantitative estimate of drug-likeness (QED) is 0.692. The first-order valence-corrected chi connectivity index (χ1v) is 8.11. The number of nitrogens with two attached hydrogens (primary N) is 1. The first kappa shape index (κ1) is 21.4. The summed E-state index contributed by atoms with van der Waals surface area (Å²) in [5.41, 5.74) is 4.22. The molecule has 28 heavy (non-hydrogen) atoms. The Balaban J connectivity index is 1.96. The van der Waals surface area contributed by atoms with Gasteiger partial charge in [-0.05, 0) is 54.1 Å². The van der Waals surface area contributed by atoms with Crippen molar-refractivity contribution in [1.29, 1.82) is 0 Å². The molecule has 0 saturated carbocycles. The van der Waals surface area contributed by atoms with Gasteiger partial charge >= 0.3 is 6.18 Å². The number of nitrogens with one attached hydrogen (secondary N) is 1. The standard InChI is InChI=1S/C19H17F5N2O2/c20-15(5-6-25)11-28-17-3-1-13(2-4-17)18(27)26-10-12-7-14(19(22,23)24)9-16(21)8-12/h1-5,7-9H,6,10-11,25H2,(H,26,27). The largest absolute Gasteiger partial charge is 0.487 e. The molecule has 9 heteroatoms. The fraction of sp³-hybridized carbons (Fsp3) is 0.211. The molecule has 0 saturated heterocycles. The second-order valence-electron chi connectivity index (χ2n) is 5.73. The zero-order chi connectivity index (χ0) is 20.7. The summed E-state index contributed by atoms with van der Waals surface area (Å²) in [5, 5.41) is 2.41. The number of alkyl halides is 3. The molecule has 4 nitrogen and oxygen atoms in total. The van der Waals surface area contributed by atoms with E-state index in [4.69, 9.17) is 10.5 Å². The minimum atomic E-state index is -4.69. The lowest BCUT2D eigenvalue weighted by Crippen LogP contribution is -2.23. The van der Waals surface area contributed by atoms with Crippen molar-refractivity contribution < 1.29 is 31.5 Å². The Morgan fingerprint density at radius 2 is 1.82 bits per heavy atom. The Kier molecular flexibility index (Phi) is 7.11. The number of rotatable bonds is 7. The molecule has 0 aliphatic rings. The molecule has 0 atom stereocenters. The SMILES string of the molecule is NCC=C(F)COc1ccc(C(=O)NCc2cc(F)cc(C(F)(F)F)c2)cc1. The minimum absolute atomic E-state index is 0.0252. The fourth-order valence-electron chi connectivity index (χ4n) is 2.24. The summed E-state index contributed by atoms with van der Waals surface area (Å²) in [7, 11) is 0. The minimum Gasteiger partial charge on any atom is -0.487 e. The van der Waals surface area contributed by atoms with Crippen molar-refractivity contribution in [3.63, 3.8) is 0 Å². The van der Waals surface area contributed by atoms with Gasteiger partial charge in [-0.25, -0.2) is 8.78 Å². The molecule has 2 aromatic rings. The summed E-state index contributed by atoms with van der Waals surface area (Å²) >= 11 is 0. The predicted octanol–water partition coefficient (Wildman–Crippen LogP) is 3.97. The highest BCUT2D eigenvalue weighted by Crippen LogP contribution is 2.30. The van der Waals surface area contributed by atoms with Gasteiger partial charge in [-0.2, -0.15) is 13.2 Å². The molecule has 1 amide bonds. The Hall–Kier alpha value is -2.94. The molecule has 0 bridgehead atoms. The highest BCUT2D eigenvalue weighted by Gasteiger charge is 2.31. The van der Waals surface area contributed by atoms with E-state index in [1.807, 2.05) is 0 Å². The van der Waals surface area contributed by atoms with Gasteiger partial charge in [-0.15, -0.1) is 0 Å². The molecule has 150 valence electrons. The molecule has 0 aliphatic heterocycles. The number of benzene rings is 2. The lowest BCUT2D eigenvalue weighted by atomic mass is 10.1. The van der Waals surface area contributed by atoms with Crippen LogP contribution in [0.15, 0.2) is 54.4 Å². The number of amides is 1. The molecule has 0 fully saturated rings. The van der Waals surface area contributed by atoms with E-state index in [-0.39, 0.29) is 30.8 Å². The Bertz CT molecular complexity index is 848. The van der Waals surface area contributed by atoms with Gasteiger partial charge in [0.15, 0.2) is 0 Å². The van der Waals surface area contributed by atoms with E-state index in [1.54, 1.807) is 0 Å². The van der Waals surface area contributed by atoms with Crippen LogP contribution in [0.25, 0.3) is 0 Å². The summed E-state index contributed by atoms with van der Waals surface area (Å²) in [4.78, 5) is 12.1. The second kappa shape index (κ2) is 9.32. The number of hydrogen-bond acceptors (Lipinski definition) is 3. The molecule has 2 aromatic carbocycles. The van der Waals surface area contributed by atoms with Crippen molar-refractivity contribution >= 4 is 5.91 Å². The van der Waals surface area contributed by atoms with Crippen LogP contribution in [0.4, 0.5) is 22.0 Å². The van der Waals surface area contributed by atoms with Gasteiger partial charge in [0.2, 0.25) is 0 Å². The van der Waals surface area contributed by atoms with Crippen molar-refractivity contribution in [2.75, 3.05) is 13.2 Å². The van der Waals surface area contributed by atoms with E-state index in [9.17, 15) is 26.7 Å². The van der Waals surface area contributed by atoms with E-state index in [1.165, 1.54) is 30.3 Å². The molecule has 0 spiro atoms. The van der Waals surface area contributed by atoms with Crippen molar-refractivity contribution in [1.82, 2.24) is 5.32 Å². The smallest absolute Gasteiger partial charge is 0.416 e. The number of ether oxygens (including phenoxy) is 1. The van der Waals surface area contributed by atoms with Crippen LogP contribution in [-0.2, 0) is 12.7 Å². The van der Waals surface area contributed by atoms with Crippen molar-refractivity contribution in [2.24, 2.45) is 5.73 Å². The van der Waals surface area contributed by atoms with Crippen LogP contribution in [-0.4, -0.2) is 19.1 Å². The molecule has 2 rings (SSSR count). The molecule has 0 radical (unpaired) electrons. The van der Waals surface area contributed by atoms with Gasteiger partial charge in [0.05, 0.1) is 5.56 Å². The van der Waals surface area contributed by atoms with Gasteiger partial charge in [0.25, 0.3) is 5.91 Å². The topological polar surface area (TPSA) is 64.3 Å². The maximum absolute atomic E-state index is 13.4. The van der Waals surface area contributed by atoms with Crippen LogP contribution in [0, 0.1) is 5.82 Å². The highest BCUT2D eigenvalue weighted by atomic mass is 19.4. The van der Waals surface area contributed by atoms with Crippen LogP contribution >= 0.6 is 0 Å². The van der Waals surface area contributed by atoms with Crippen LogP contribution in [0.2, 0.25) is 0 Å². The molecule has 0 heterocycles. The molecule has 0 aromatic heterocycles. The average Bonchev–Trinajstić information content (AvgIpc) is 2.64. The number of carbonyl (C=O) groups excluding carboxylic acids is 1. The maximum Gasteiger partial charge on any atom is 0.416 e. The summed E-state index contributed by atoms with van der Waals surface area (Å²) in [6.45, 7) is -0.541. The predicted molar refractivity (Wildman–Crippen MR) is 92.8 cm³/mol. The monoisotopic (exact) mass is 400 g/mol. The summed E-state index contributed by atoms with van der Waals surface area (Å²) in [6.07, 6.45) is -3.52. The number of halogens is 5. The Morgan fingerprint density at radius 3 is 2.43 bits per heavy atom. The van der Waals surface area contributed by atoms with Crippen LogP contribution in [0.1, 0.15) is 21.5 Å². The van der Waals surface area contributed by atoms with Crippen molar-refractivity contribution in [3.05, 3.63) is 76.9 Å². The first-order chi connectivity index (χ1) is 13.2. The van der Waals surface area contributed by atoms with Gasteiger partial charge < -0.3 is 15.8 Å². The van der Waals surface area contributed by atoms with Gasteiger partial charge in [0.1, 0.15) is 24.0 Å². The van der Waals surface area contributed by atoms with E-state index in [0.29, 0.717) is 11.8 Å². The van der Waals surface area contributed by atoms with Crippen LogP contribution in [0.5, 0.6) is 5.75 Å². The van der Waals surface area contributed by atoms with Crippen molar-refractivity contribution in [2.45, 2.75) is 12.7 Å². The zero-order valence-corrected chi connectivity index (χ0v) is 14.5. The lowest BCUT2D eigenvalue weighted by molar-refractivity contribution is -0.137. The first-order valence-electron chi connectivity index (χ1n) is 8.11. The second-order valence-corrected chi connectivity index (χ2v) is 5.73. The van der Waals surface area contributed by atoms with Crippen LogP contribution < -0.4 is 15.8 Å². The summed E-state index contributed by atoms with van der Waals surface area (Å²) in [5.74, 6) is -1.83. The van der Waals surface area contributed by atoms with Gasteiger partial charge in [-0.1, -0.05) is 0 Å². The summed E-state index contributed by atoms with van der Waals surface area (Å²) < 4.78 is 69.8. The van der Waals surface area contributed by atoms with E-state index in [0.717, 1.165) is 12.1 Å². The van der Waals surface area contributed by atoms with E-state index in [2.05, 4.69) is 5.32 Å². The average molecular weight is 400 g/mol. The molecular formula is C19H17F5N2O2. The third kappa shape index (κ3) is 6.34. The summed E-state index contributed by atoms with van der Waals surface area (Å²) in [6, 6.07) is 7.75. The van der Waals surface area contributed by atoms with Gasteiger partial charge in [0, 0.05) is 18.7 Å².